The van der Waals surface area contributed by atoms with E-state index < -0.39 is 5.54 Å². The number of benzene rings is 1. The van der Waals surface area contributed by atoms with Gasteiger partial charge in [-0.3, -0.25) is 9.69 Å². The second-order valence-corrected chi connectivity index (χ2v) is 6.95. The molecule has 0 aliphatic carbocycles. The van der Waals surface area contributed by atoms with E-state index in [9.17, 15) is 4.79 Å². The van der Waals surface area contributed by atoms with Gasteiger partial charge in [-0.05, 0) is 37.4 Å². The van der Waals surface area contributed by atoms with Crippen molar-refractivity contribution in [1.82, 2.24) is 9.88 Å². The van der Waals surface area contributed by atoms with Crippen molar-refractivity contribution < 1.29 is 4.79 Å². The SMILES string of the molecule is C=C(Cl)CC12CCCN1CCc1c([nH]c3ccccc13)C2=O. The van der Waals surface area contributed by atoms with Gasteiger partial charge in [0, 0.05) is 28.9 Å². The van der Waals surface area contributed by atoms with Crippen LogP contribution in [0.1, 0.15) is 35.3 Å². The molecule has 1 aromatic heterocycles. The van der Waals surface area contributed by atoms with E-state index in [-0.39, 0.29) is 5.78 Å². The largest absolute Gasteiger partial charge is 0.352 e. The molecule has 2 aliphatic heterocycles. The van der Waals surface area contributed by atoms with Gasteiger partial charge in [-0.25, -0.2) is 0 Å². The van der Waals surface area contributed by atoms with Gasteiger partial charge in [-0.15, -0.1) is 0 Å². The minimum atomic E-state index is -0.495. The number of halogens is 1. The van der Waals surface area contributed by atoms with Crippen molar-refractivity contribution in [2.75, 3.05) is 13.1 Å². The van der Waals surface area contributed by atoms with E-state index in [1.165, 1.54) is 5.39 Å². The first-order valence-electron chi connectivity index (χ1n) is 7.84. The molecule has 0 bridgehead atoms. The summed E-state index contributed by atoms with van der Waals surface area (Å²) in [5, 5.41) is 1.74. The molecule has 0 radical (unpaired) electrons. The maximum Gasteiger partial charge on any atom is 0.199 e. The third-order valence-corrected chi connectivity index (χ3v) is 5.34. The number of fused-ring (bicyclic) bond motifs is 4. The lowest BCUT2D eigenvalue weighted by molar-refractivity contribution is 0.0683. The molecule has 1 unspecified atom stereocenters. The Bertz CT molecular complexity index is 778. The van der Waals surface area contributed by atoms with Gasteiger partial charge in [0.25, 0.3) is 0 Å². The Morgan fingerprint density at radius 1 is 1.36 bits per heavy atom. The van der Waals surface area contributed by atoms with Gasteiger partial charge in [0.2, 0.25) is 0 Å². The quantitative estimate of drug-likeness (QED) is 0.913. The molecule has 2 aliphatic rings. The first-order chi connectivity index (χ1) is 10.6. The van der Waals surface area contributed by atoms with Crippen LogP contribution in [0.5, 0.6) is 0 Å². The predicted molar refractivity (Wildman–Crippen MR) is 89.5 cm³/mol. The summed E-state index contributed by atoms with van der Waals surface area (Å²) < 4.78 is 0. The molecule has 1 saturated heterocycles. The third kappa shape index (κ3) is 1.89. The van der Waals surface area contributed by atoms with Crippen molar-refractivity contribution in [3.05, 3.63) is 47.1 Å². The van der Waals surface area contributed by atoms with E-state index in [0.29, 0.717) is 11.5 Å². The topological polar surface area (TPSA) is 36.1 Å². The van der Waals surface area contributed by atoms with Crippen LogP contribution in [0.25, 0.3) is 10.9 Å². The first-order valence-corrected chi connectivity index (χ1v) is 8.22. The minimum absolute atomic E-state index is 0.190. The number of aromatic amines is 1. The Morgan fingerprint density at radius 2 is 2.18 bits per heavy atom. The van der Waals surface area contributed by atoms with Crippen molar-refractivity contribution in [2.45, 2.75) is 31.2 Å². The number of hydrogen-bond donors (Lipinski definition) is 1. The van der Waals surface area contributed by atoms with Crippen LogP contribution >= 0.6 is 11.6 Å². The number of Topliss-reactive ketones (excluding diaryl/α,β-unsaturated/α-hetero) is 1. The average Bonchev–Trinajstić information content (AvgIpc) is 3.03. The number of nitrogens with zero attached hydrogens (tertiary/aromatic N) is 1. The van der Waals surface area contributed by atoms with Gasteiger partial charge >= 0.3 is 0 Å². The molecule has 4 rings (SSSR count). The number of aromatic nitrogens is 1. The van der Waals surface area contributed by atoms with Gasteiger partial charge in [-0.1, -0.05) is 36.4 Å². The molecular formula is C18H19ClN2O. The third-order valence-electron chi connectivity index (χ3n) is 5.20. The molecule has 1 fully saturated rings. The van der Waals surface area contributed by atoms with Crippen molar-refractivity contribution in [3.8, 4) is 0 Å². The van der Waals surface area contributed by atoms with Crippen LogP contribution < -0.4 is 0 Å². The summed E-state index contributed by atoms with van der Waals surface area (Å²) in [4.78, 5) is 19.1. The summed E-state index contributed by atoms with van der Waals surface area (Å²) in [6.45, 7) is 5.72. The lowest BCUT2D eigenvalue weighted by atomic mass is 9.85. The van der Waals surface area contributed by atoms with Crippen LogP contribution in [-0.4, -0.2) is 34.3 Å². The van der Waals surface area contributed by atoms with E-state index in [1.54, 1.807) is 0 Å². The van der Waals surface area contributed by atoms with Crippen molar-refractivity contribution >= 4 is 28.3 Å². The molecule has 2 aromatic rings. The number of ketones is 1. The lowest BCUT2D eigenvalue weighted by Crippen LogP contribution is -2.50. The van der Waals surface area contributed by atoms with Gasteiger partial charge in [0.15, 0.2) is 5.78 Å². The summed E-state index contributed by atoms with van der Waals surface area (Å²) in [6, 6.07) is 8.17. The molecule has 1 N–H and O–H groups in total. The molecule has 114 valence electrons. The second kappa shape index (κ2) is 4.97. The highest BCUT2D eigenvalue weighted by molar-refractivity contribution is 6.29. The predicted octanol–water partition coefficient (Wildman–Crippen LogP) is 3.88. The van der Waals surface area contributed by atoms with E-state index in [0.717, 1.165) is 49.1 Å². The Hall–Kier alpha value is -1.58. The number of H-pyrrole nitrogens is 1. The van der Waals surface area contributed by atoms with Gasteiger partial charge in [0.1, 0.15) is 0 Å². The number of hydrogen-bond acceptors (Lipinski definition) is 2. The Labute approximate surface area is 134 Å². The number of rotatable bonds is 2. The maximum atomic E-state index is 13.4. The van der Waals surface area contributed by atoms with E-state index in [4.69, 9.17) is 11.6 Å². The summed E-state index contributed by atoms with van der Waals surface area (Å²) in [6.07, 6.45) is 3.36. The highest BCUT2D eigenvalue weighted by atomic mass is 35.5. The maximum absolute atomic E-state index is 13.4. The zero-order valence-electron chi connectivity index (χ0n) is 12.5. The molecule has 4 heteroatoms. The summed E-state index contributed by atoms with van der Waals surface area (Å²) in [7, 11) is 0. The molecule has 3 nitrogen and oxygen atoms in total. The molecule has 0 amide bonds. The minimum Gasteiger partial charge on any atom is -0.352 e. The molecule has 1 aromatic carbocycles. The number of para-hydroxylation sites is 1. The zero-order valence-corrected chi connectivity index (χ0v) is 13.2. The Kier molecular flexibility index (Phi) is 3.17. The van der Waals surface area contributed by atoms with E-state index in [1.807, 2.05) is 18.2 Å². The number of nitrogens with one attached hydrogen (secondary N) is 1. The average molecular weight is 315 g/mol. The molecular weight excluding hydrogens is 296 g/mol. The van der Waals surface area contributed by atoms with E-state index >= 15 is 0 Å². The van der Waals surface area contributed by atoms with Crippen molar-refractivity contribution in [2.24, 2.45) is 0 Å². The van der Waals surface area contributed by atoms with E-state index in [2.05, 4.69) is 22.5 Å². The van der Waals surface area contributed by atoms with Crippen LogP contribution in [0.2, 0.25) is 0 Å². The van der Waals surface area contributed by atoms with Crippen LogP contribution in [-0.2, 0) is 6.42 Å². The zero-order chi connectivity index (χ0) is 15.3. The normalized spacial score (nSPS) is 25.0. The first kappa shape index (κ1) is 14.0. The number of carbonyl (C=O) groups excluding carboxylic acids is 1. The van der Waals surface area contributed by atoms with Gasteiger partial charge in [0.05, 0.1) is 11.2 Å². The van der Waals surface area contributed by atoms with Crippen LogP contribution in [0.15, 0.2) is 35.9 Å². The van der Waals surface area contributed by atoms with Crippen molar-refractivity contribution in [3.63, 3.8) is 0 Å². The molecule has 1 atom stereocenters. The van der Waals surface area contributed by atoms with Crippen LogP contribution in [0.3, 0.4) is 0 Å². The number of carbonyl (C=O) groups is 1. The summed E-state index contributed by atoms with van der Waals surface area (Å²) >= 11 is 6.11. The highest BCUT2D eigenvalue weighted by Gasteiger charge is 2.49. The lowest BCUT2D eigenvalue weighted by Gasteiger charge is -2.35. The summed E-state index contributed by atoms with van der Waals surface area (Å²) in [5.41, 5.74) is 2.50. The molecule has 0 saturated carbocycles. The molecule has 22 heavy (non-hydrogen) atoms. The van der Waals surface area contributed by atoms with Crippen LogP contribution in [0, 0.1) is 0 Å². The van der Waals surface area contributed by atoms with Crippen LogP contribution in [0.4, 0.5) is 0 Å². The second-order valence-electron chi connectivity index (χ2n) is 6.42. The fourth-order valence-electron chi connectivity index (χ4n) is 4.25. The molecule has 0 spiro atoms. The Balaban J connectivity index is 1.90. The molecule has 3 heterocycles. The smallest absolute Gasteiger partial charge is 0.199 e. The van der Waals surface area contributed by atoms with Gasteiger partial charge in [-0.2, -0.15) is 0 Å². The fraction of sp³-hybridized carbons (Fsp3) is 0.389. The fourth-order valence-corrected chi connectivity index (χ4v) is 4.47. The van der Waals surface area contributed by atoms with Gasteiger partial charge < -0.3 is 4.98 Å². The van der Waals surface area contributed by atoms with Crippen molar-refractivity contribution in [1.29, 1.82) is 0 Å². The standard InChI is InChI=1S/C18H19ClN2O/c1-12(19)11-18-8-4-9-21(18)10-7-14-13-5-2-3-6-15(13)20-16(14)17(18)22/h2-3,5-6,20H,1,4,7-11H2. The highest BCUT2D eigenvalue weighted by Crippen LogP contribution is 2.41. The monoisotopic (exact) mass is 314 g/mol. The summed E-state index contributed by atoms with van der Waals surface area (Å²) in [5.74, 6) is 0.190. The Morgan fingerprint density at radius 3 is 3.00 bits per heavy atom.